The molecule has 3 aliphatic carbocycles. The molecule has 4 aromatic rings. The molecule has 0 saturated carbocycles. The third kappa shape index (κ3) is 4.18. The van der Waals surface area contributed by atoms with Crippen LogP contribution in [-0.4, -0.2) is 30.1 Å². The molecule has 2 amide bonds. The maximum absolute atomic E-state index is 13.8. The Morgan fingerprint density at radius 1 is 0.854 bits per heavy atom. The first-order chi connectivity index (χ1) is 20.0. The fourth-order valence-electron chi connectivity index (χ4n) is 6.59. The third-order valence-electron chi connectivity index (χ3n) is 8.30. The van der Waals surface area contributed by atoms with Crippen molar-refractivity contribution in [1.29, 1.82) is 0 Å². The number of amides is 2. The first-order valence-electron chi connectivity index (χ1n) is 13.3. The van der Waals surface area contributed by atoms with Crippen molar-refractivity contribution in [3.8, 4) is 11.5 Å². The van der Waals surface area contributed by atoms with E-state index < -0.39 is 11.8 Å². The largest absolute Gasteiger partial charge is 0.493 e. The van der Waals surface area contributed by atoms with Crippen molar-refractivity contribution in [2.24, 2.45) is 16.9 Å². The topological polar surface area (TPSA) is 68.2 Å². The van der Waals surface area contributed by atoms with E-state index in [9.17, 15) is 9.59 Å². The predicted octanol–water partition coefficient (Wildman–Crippen LogP) is 6.92. The number of rotatable bonds is 6. The monoisotopic (exact) mass is 626 g/mol. The van der Waals surface area contributed by atoms with Gasteiger partial charge in [0.05, 0.1) is 29.6 Å². The molecule has 1 fully saturated rings. The van der Waals surface area contributed by atoms with Gasteiger partial charge in [-0.25, -0.2) is 0 Å². The Bertz CT molecular complexity index is 1620. The van der Waals surface area contributed by atoms with Crippen LogP contribution < -0.4 is 9.47 Å². The molecule has 0 radical (unpaired) electrons. The van der Waals surface area contributed by atoms with Crippen LogP contribution in [0.1, 0.15) is 45.2 Å². The Morgan fingerprint density at radius 2 is 1.39 bits per heavy atom. The summed E-state index contributed by atoms with van der Waals surface area (Å²) in [6, 6.07) is 27.4. The summed E-state index contributed by atoms with van der Waals surface area (Å²) in [7, 11) is 1.56. The van der Waals surface area contributed by atoms with E-state index in [0.29, 0.717) is 33.2 Å². The van der Waals surface area contributed by atoms with Crippen LogP contribution >= 0.6 is 27.5 Å². The molecule has 0 unspecified atom stereocenters. The third-order valence-corrected chi connectivity index (χ3v) is 9.14. The van der Waals surface area contributed by atoms with Crippen LogP contribution in [0.5, 0.6) is 11.5 Å². The fraction of sp³-hybridized carbons (Fsp3) is 0.182. The lowest BCUT2D eigenvalue weighted by atomic mass is 9.55. The van der Waals surface area contributed by atoms with Crippen molar-refractivity contribution >= 4 is 45.6 Å². The summed E-state index contributed by atoms with van der Waals surface area (Å²) in [5.74, 6) is -0.773. The Hall–Kier alpha value is -3.94. The highest BCUT2D eigenvalue weighted by Crippen LogP contribution is 2.61. The number of imide groups is 1. The summed E-state index contributed by atoms with van der Waals surface area (Å²) >= 11 is 9.56. The number of methoxy groups -OCH3 is 1. The average molecular weight is 628 g/mol. The molecule has 2 atom stereocenters. The second-order valence-corrected chi connectivity index (χ2v) is 11.7. The number of halogens is 2. The summed E-state index contributed by atoms with van der Waals surface area (Å²) < 4.78 is 12.3. The smallest absolute Gasteiger partial charge is 0.254 e. The van der Waals surface area contributed by atoms with Gasteiger partial charge in [0.1, 0.15) is 6.61 Å². The molecule has 0 aromatic heterocycles. The van der Waals surface area contributed by atoms with E-state index in [1.54, 1.807) is 13.2 Å². The van der Waals surface area contributed by atoms with E-state index in [1.807, 2.05) is 54.6 Å². The molecule has 4 aromatic carbocycles. The number of benzene rings is 4. The van der Waals surface area contributed by atoms with Crippen molar-refractivity contribution in [2.45, 2.75) is 18.4 Å². The van der Waals surface area contributed by atoms with Gasteiger partial charge in [0.15, 0.2) is 11.5 Å². The van der Waals surface area contributed by atoms with Crippen molar-refractivity contribution in [1.82, 2.24) is 5.01 Å². The van der Waals surface area contributed by atoms with Gasteiger partial charge >= 0.3 is 0 Å². The van der Waals surface area contributed by atoms with Gasteiger partial charge in [-0.1, -0.05) is 72.3 Å². The van der Waals surface area contributed by atoms with E-state index >= 15 is 0 Å². The summed E-state index contributed by atoms with van der Waals surface area (Å²) in [6.45, 7) is 0.326. The lowest BCUT2D eigenvalue weighted by Gasteiger charge is -2.45. The van der Waals surface area contributed by atoms with E-state index in [1.165, 1.54) is 6.21 Å². The summed E-state index contributed by atoms with van der Waals surface area (Å²) in [5.41, 5.74) is 6.14. The van der Waals surface area contributed by atoms with Gasteiger partial charge in [0, 0.05) is 16.9 Å². The number of nitrogens with zero attached hydrogens (tertiary/aromatic N) is 2. The minimum Gasteiger partial charge on any atom is -0.493 e. The highest BCUT2D eigenvalue weighted by Gasteiger charge is 2.61. The Balaban J connectivity index is 1.17. The summed E-state index contributed by atoms with van der Waals surface area (Å²) in [5, 5.41) is 6.16. The summed E-state index contributed by atoms with van der Waals surface area (Å²) in [4.78, 5) is 27.6. The van der Waals surface area contributed by atoms with Crippen LogP contribution in [0.4, 0.5) is 0 Å². The SMILES string of the molecule is COc1cc(/C=N\N2C(=O)[C@H]3C4c5ccccc5C(c5ccccc54)[C@@H]3C2=O)cc(Br)c1OCc1ccc(Cl)cc1. The lowest BCUT2D eigenvalue weighted by Crippen LogP contribution is -2.41. The molecule has 8 heteroatoms. The zero-order valence-electron chi connectivity index (χ0n) is 22.0. The van der Waals surface area contributed by atoms with Crippen LogP contribution in [0, 0.1) is 11.8 Å². The Morgan fingerprint density at radius 3 is 1.90 bits per heavy atom. The molecule has 41 heavy (non-hydrogen) atoms. The molecule has 2 bridgehead atoms. The quantitative estimate of drug-likeness (QED) is 0.172. The number of ether oxygens (including phenoxy) is 2. The van der Waals surface area contributed by atoms with E-state index in [2.05, 4.69) is 45.3 Å². The fourth-order valence-corrected chi connectivity index (χ4v) is 7.29. The minimum atomic E-state index is -0.473. The van der Waals surface area contributed by atoms with Crippen LogP contribution in [-0.2, 0) is 16.2 Å². The van der Waals surface area contributed by atoms with Gasteiger partial charge in [0.25, 0.3) is 11.8 Å². The van der Waals surface area contributed by atoms with Crippen LogP contribution in [0.25, 0.3) is 0 Å². The van der Waals surface area contributed by atoms with Gasteiger partial charge in [-0.05, 0) is 73.6 Å². The first-order valence-corrected chi connectivity index (χ1v) is 14.5. The molecule has 1 heterocycles. The normalized spacial score (nSPS) is 22.1. The van der Waals surface area contributed by atoms with Crippen molar-refractivity contribution in [3.63, 3.8) is 0 Å². The molecule has 1 aliphatic heterocycles. The molecule has 8 rings (SSSR count). The van der Waals surface area contributed by atoms with E-state index in [0.717, 1.165) is 32.8 Å². The number of carbonyl (C=O) groups excluding carboxylic acids is 2. The molecular formula is C33H24BrClN2O4. The number of carbonyl (C=O) groups is 2. The number of hydrogen-bond acceptors (Lipinski definition) is 5. The second-order valence-electron chi connectivity index (χ2n) is 10.4. The van der Waals surface area contributed by atoms with Crippen LogP contribution in [0.3, 0.4) is 0 Å². The number of hydrogen-bond donors (Lipinski definition) is 0. The van der Waals surface area contributed by atoms with Crippen molar-refractivity contribution < 1.29 is 19.1 Å². The molecule has 1 saturated heterocycles. The van der Waals surface area contributed by atoms with E-state index in [4.69, 9.17) is 21.1 Å². The Kier molecular flexibility index (Phi) is 6.44. The maximum Gasteiger partial charge on any atom is 0.254 e. The zero-order chi connectivity index (χ0) is 28.2. The highest BCUT2D eigenvalue weighted by molar-refractivity contribution is 9.10. The minimum absolute atomic E-state index is 0.166. The standard InChI is InChI=1S/C33H24BrClN2O4/c1-40-26-15-19(14-25(34)31(26)41-17-18-10-12-20(35)13-11-18)16-36-37-32(38)29-27-21-6-2-3-7-22(21)28(30(29)33(37)39)24-9-5-4-8-23(24)27/h2-16,27-30H,17H2,1H3/b36-16-/t27?,28?,29-,30-/m0/s1. The van der Waals surface area contributed by atoms with Gasteiger partial charge in [-0.3, -0.25) is 9.59 Å². The van der Waals surface area contributed by atoms with Crippen LogP contribution in [0.15, 0.2) is 94.5 Å². The van der Waals surface area contributed by atoms with Gasteiger partial charge < -0.3 is 9.47 Å². The molecule has 6 nitrogen and oxygen atoms in total. The van der Waals surface area contributed by atoms with Crippen molar-refractivity contribution in [3.05, 3.63) is 128 Å². The lowest BCUT2D eigenvalue weighted by molar-refractivity contribution is -0.139. The second kappa shape index (κ2) is 10.2. The van der Waals surface area contributed by atoms with Gasteiger partial charge in [-0.15, -0.1) is 0 Å². The molecule has 204 valence electrons. The molecular weight excluding hydrogens is 604 g/mol. The van der Waals surface area contributed by atoms with Crippen LogP contribution in [0.2, 0.25) is 5.02 Å². The summed E-state index contributed by atoms with van der Waals surface area (Å²) in [6.07, 6.45) is 1.52. The predicted molar refractivity (Wildman–Crippen MR) is 159 cm³/mol. The first kappa shape index (κ1) is 26.0. The zero-order valence-corrected chi connectivity index (χ0v) is 24.3. The van der Waals surface area contributed by atoms with Gasteiger partial charge in [-0.2, -0.15) is 10.1 Å². The average Bonchev–Trinajstić information content (AvgIpc) is 3.25. The van der Waals surface area contributed by atoms with Crippen molar-refractivity contribution in [2.75, 3.05) is 7.11 Å². The molecule has 0 spiro atoms. The molecule has 4 aliphatic rings. The Labute approximate surface area is 250 Å². The van der Waals surface area contributed by atoms with E-state index in [-0.39, 0.29) is 23.7 Å². The van der Waals surface area contributed by atoms with Gasteiger partial charge in [0.2, 0.25) is 0 Å². The number of hydrazone groups is 1. The molecule has 0 N–H and O–H groups in total. The highest BCUT2D eigenvalue weighted by atomic mass is 79.9. The maximum atomic E-state index is 13.8.